The van der Waals surface area contributed by atoms with E-state index in [0.717, 1.165) is 12.1 Å². The van der Waals surface area contributed by atoms with E-state index in [1.807, 2.05) is 0 Å². The summed E-state index contributed by atoms with van der Waals surface area (Å²) >= 11 is 0. The van der Waals surface area contributed by atoms with E-state index in [1.165, 1.54) is 6.07 Å². The SMILES string of the molecule is NS(=O)(=O)c1c(O)cccc1C(=O)O. The minimum absolute atomic E-state index is 0.549. The van der Waals surface area contributed by atoms with Crippen molar-refractivity contribution in [3.05, 3.63) is 23.8 Å². The highest BCUT2D eigenvalue weighted by molar-refractivity contribution is 7.89. The second-order valence-electron chi connectivity index (χ2n) is 2.50. The van der Waals surface area contributed by atoms with Crippen LogP contribution in [0.4, 0.5) is 0 Å². The quantitative estimate of drug-likeness (QED) is 0.630. The molecule has 0 radical (unpaired) electrons. The first-order chi connectivity index (χ1) is 6.34. The number of aromatic hydroxyl groups is 1. The van der Waals surface area contributed by atoms with Crippen molar-refractivity contribution in [2.45, 2.75) is 4.90 Å². The summed E-state index contributed by atoms with van der Waals surface area (Å²) in [5, 5.41) is 22.5. The number of nitrogens with two attached hydrogens (primary N) is 1. The van der Waals surface area contributed by atoms with Crippen LogP contribution >= 0.6 is 0 Å². The zero-order valence-electron chi connectivity index (χ0n) is 6.84. The predicted molar refractivity (Wildman–Crippen MR) is 46.4 cm³/mol. The van der Waals surface area contributed by atoms with Crippen molar-refractivity contribution < 1.29 is 23.4 Å². The maximum absolute atomic E-state index is 10.9. The Labute approximate surface area is 79.6 Å². The summed E-state index contributed by atoms with van der Waals surface area (Å²) in [6, 6.07) is 3.31. The summed E-state index contributed by atoms with van der Waals surface area (Å²) in [5.74, 6) is -2.14. The number of primary sulfonamides is 1. The molecule has 0 heterocycles. The molecule has 76 valence electrons. The second kappa shape index (κ2) is 3.28. The van der Waals surface area contributed by atoms with Gasteiger partial charge in [0.1, 0.15) is 10.6 Å². The van der Waals surface area contributed by atoms with Gasteiger partial charge in [-0.2, -0.15) is 0 Å². The van der Waals surface area contributed by atoms with Crippen molar-refractivity contribution in [2.24, 2.45) is 5.14 Å². The van der Waals surface area contributed by atoms with Gasteiger partial charge >= 0.3 is 5.97 Å². The molecule has 0 aliphatic carbocycles. The number of hydrogen-bond acceptors (Lipinski definition) is 4. The van der Waals surface area contributed by atoms with E-state index >= 15 is 0 Å². The third-order valence-electron chi connectivity index (χ3n) is 1.51. The number of benzene rings is 1. The summed E-state index contributed by atoms with van der Waals surface area (Å²) in [5.41, 5.74) is -0.549. The van der Waals surface area contributed by atoms with Gasteiger partial charge in [-0.15, -0.1) is 0 Å². The molecule has 0 bridgehead atoms. The lowest BCUT2D eigenvalue weighted by atomic mass is 10.2. The van der Waals surface area contributed by atoms with E-state index in [1.54, 1.807) is 0 Å². The molecule has 1 aromatic carbocycles. The molecule has 0 spiro atoms. The molecule has 0 fully saturated rings. The lowest BCUT2D eigenvalue weighted by molar-refractivity contribution is 0.0692. The first-order valence-electron chi connectivity index (χ1n) is 3.42. The van der Waals surface area contributed by atoms with Crippen molar-refractivity contribution in [1.82, 2.24) is 0 Å². The Bertz CT molecular complexity index is 479. The van der Waals surface area contributed by atoms with Crippen LogP contribution in [0, 0.1) is 0 Å². The van der Waals surface area contributed by atoms with Crippen molar-refractivity contribution in [3.63, 3.8) is 0 Å². The highest BCUT2D eigenvalue weighted by Gasteiger charge is 2.22. The fourth-order valence-corrected chi connectivity index (χ4v) is 1.81. The number of hydrogen-bond donors (Lipinski definition) is 3. The van der Waals surface area contributed by atoms with Gasteiger partial charge in [-0.3, -0.25) is 0 Å². The Hall–Kier alpha value is -1.60. The average Bonchev–Trinajstić information content (AvgIpc) is 2.01. The zero-order valence-corrected chi connectivity index (χ0v) is 7.65. The predicted octanol–water partition coefficient (Wildman–Crippen LogP) is -0.262. The molecule has 0 aliphatic heterocycles. The Balaban J connectivity index is 3.62. The maximum atomic E-state index is 10.9. The number of carbonyl (C=O) groups is 1. The van der Waals surface area contributed by atoms with Crippen molar-refractivity contribution in [3.8, 4) is 5.75 Å². The van der Waals surface area contributed by atoms with Crippen LogP contribution in [0.2, 0.25) is 0 Å². The van der Waals surface area contributed by atoms with Gasteiger partial charge < -0.3 is 10.2 Å². The minimum atomic E-state index is -4.24. The second-order valence-corrected chi connectivity index (χ2v) is 4.00. The van der Waals surface area contributed by atoms with Gasteiger partial charge in [0.25, 0.3) is 0 Å². The van der Waals surface area contributed by atoms with Crippen LogP contribution in [0.25, 0.3) is 0 Å². The molecular weight excluding hydrogens is 210 g/mol. The Morgan fingerprint density at radius 1 is 1.36 bits per heavy atom. The van der Waals surface area contributed by atoms with Gasteiger partial charge in [-0.25, -0.2) is 18.4 Å². The van der Waals surface area contributed by atoms with Crippen molar-refractivity contribution in [1.29, 1.82) is 0 Å². The molecule has 0 saturated carbocycles. The number of aromatic carboxylic acids is 1. The number of sulfonamides is 1. The smallest absolute Gasteiger partial charge is 0.337 e. The lowest BCUT2D eigenvalue weighted by Crippen LogP contribution is -2.16. The molecule has 0 aromatic heterocycles. The summed E-state index contributed by atoms with van der Waals surface area (Å²) in [6.45, 7) is 0. The number of phenols is 1. The normalized spacial score (nSPS) is 11.2. The van der Waals surface area contributed by atoms with E-state index in [2.05, 4.69) is 0 Å². The van der Waals surface area contributed by atoms with E-state index in [-0.39, 0.29) is 0 Å². The van der Waals surface area contributed by atoms with Gasteiger partial charge in [-0.05, 0) is 12.1 Å². The molecule has 1 aromatic rings. The lowest BCUT2D eigenvalue weighted by Gasteiger charge is -2.04. The Morgan fingerprint density at radius 2 is 1.93 bits per heavy atom. The summed E-state index contributed by atoms with van der Waals surface area (Å²) in [4.78, 5) is 9.82. The Kier molecular flexibility index (Phi) is 2.45. The molecule has 4 N–H and O–H groups in total. The van der Waals surface area contributed by atoms with Crippen LogP contribution < -0.4 is 5.14 Å². The molecule has 0 atom stereocenters. The summed E-state index contributed by atoms with van der Waals surface area (Å²) in [7, 11) is -4.24. The Morgan fingerprint density at radius 3 is 2.29 bits per heavy atom. The zero-order chi connectivity index (χ0) is 10.9. The number of rotatable bonds is 2. The van der Waals surface area contributed by atoms with Crippen LogP contribution in [0.3, 0.4) is 0 Å². The van der Waals surface area contributed by atoms with Crippen molar-refractivity contribution >= 4 is 16.0 Å². The van der Waals surface area contributed by atoms with Gasteiger partial charge in [0.05, 0.1) is 5.56 Å². The molecule has 0 unspecified atom stereocenters. The van der Waals surface area contributed by atoms with Gasteiger partial charge in [-0.1, -0.05) is 6.07 Å². The van der Waals surface area contributed by atoms with E-state index in [9.17, 15) is 13.2 Å². The molecule has 7 heteroatoms. The van der Waals surface area contributed by atoms with E-state index in [4.69, 9.17) is 15.4 Å². The average molecular weight is 217 g/mol. The fraction of sp³-hybridized carbons (Fsp3) is 0. The molecule has 14 heavy (non-hydrogen) atoms. The van der Waals surface area contributed by atoms with Crippen LogP contribution in [-0.2, 0) is 10.0 Å². The molecule has 0 amide bonds. The molecule has 6 nitrogen and oxygen atoms in total. The molecule has 0 aliphatic rings. The number of carboxylic acid groups (broad SMARTS) is 1. The summed E-state index contributed by atoms with van der Waals surface area (Å²) < 4.78 is 21.9. The van der Waals surface area contributed by atoms with Gasteiger partial charge in [0.15, 0.2) is 0 Å². The van der Waals surface area contributed by atoms with Crippen LogP contribution in [0.1, 0.15) is 10.4 Å². The third-order valence-corrected chi connectivity index (χ3v) is 2.51. The van der Waals surface area contributed by atoms with Crippen LogP contribution in [0.15, 0.2) is 23.1 Å². The summed E-state index contributed by atoms with van der Waals surface area (Å²) in [6.07, 6.45) is 0. The van der Waals surface area contributed by atoms with E-state index in [0.29, 0.717) is 0 Å². The minimum Gasteiger partial charge on any atom is -0.507 e. The molecule has 0 saturated heterocycles. The van der Waals surface area contributed by atoms with Crippen LogP contribution in [-0.4, -0.2) is 24.6 Å². The topological polar surface area (TPSA) is 118 Å². The number of phenolic OH excluding ortho intramolecular Hbond substituents is 1. The van der Waals surface area contributed by atoms with Gasteiger partial charge in [0.2, 0.25) is 10.0 Å². The molecular formula is C7H7NO5S. The van der Waals surface area contributed by atoms with Crippen molar-refractivity contribution in [2.75, 3.05) is 0 Å². The van der Waals surface area contributed by atoms with E-state index < -0.39 is 32.2 Å². The highest BCUT2D eigenvalue weighted by atomic mass is 32.2. The number of carboxylic acids is 1. The first kappa shape index (κ1) is 10.5. The highest BCUT2D eigenvalue weighted by Crippen LogP contribution is 2.24. The largest absolute Gasteiger partial charge is 0.507 e. The maximum Gasteiger partial charge on any atom is 0.337 e. The first-order valence-corrected chi connectivity index (χ1v) is 4.96. The monoisotopic (exact) mass is 217 g/mol. The fourth-order valence-electron chi connectivity index (χ4n) is 0.992. The standard InChI is InChI=1S/C7H7NO5S/c8-14(12,13)6-4(7(10)11)2-1-3-5(6)9/h1-3,9H,(H,10,11)(H2,8,12,13). The van der Waals surface area contributed by atoms with Gasteiger partial charge in [0, 0.05) is 0 Å². The third kappa shape index (κ3) is 1.83. The van der Waals surface area contributed by atoms with Crippen LogP contribution in [0.5, 0.6) is 5.75 Å². The molecule has 1 rings (SSSR count).